The van der Waals surface area contributed by atoms with E-state index < -0.39 is 0 Å². The molecule has 0 spiro atoms. The molecule has 3 rings (SSSR count). The van der Waals surface area contributed by atoms with E-state index in [1.54, 1.807) is 0 Å². The van der Waals surface area contributed by atoms with Gasteiger partial charge in [-0.05, 0) is 57.7 Å². The standard InChI is InChI=1S/C20H22/c1-4-7-16-9-11-17-10-8-14(5-2)19-15(6-3)12-13-18(16)20(17)19/h6,8-13H,4-5,7H2,1-3H3/b15-6+. The van der Waals surface area contributed by atoms with Gasteiger partial charge in [-0.2, -0.15) is 0 Å². The van der Waals surface area contributed by atoms with E-state index in [2.05, 4.69) is 63.2 Å². The smallest absolute Gasteiger partial charge is 0.00274 e. The van der Waals surface area contributed by atoms with Crippen LogP contribution in [0.15, 0.2) is 36.4 Å². The van der Waals surface area contributed by atoms with Crippen LogP contribution in [0, 0.1) is 0 Å². The van der Waals surface area contributed by atoms with E-state index >= 15 is 0 Å². The summed E-state index contributed by atoms with van der Waals surface area (Å²) in [7, 11) is 0. The Labute approximate surface area is 121 Å². The molecule has 3 aromatic rings. The van der Waals surface area contributed by atoms with Gasteiger partial charge >= 0.3 is 0 Å². The second-order valence-electron chi connectivity index (χ2n) is 5.52. The van der Waals surface area contributed by atoms with Crippen LogP contribution in [0.2, 0.25) is 0 Å². The summed E-state index contributed by atoms with van der Waals surface area (Å²) in [4.78, 5) is 0. The topological polar surface area (TPSA) is 0 Å². The molecule has 0 radical (unpaired) electrons. The lowest BCUT2D eigenvalue weighted by Gasteiger charge is -2.13. The summed E-state index contributed by atoms with van der Waals surface area (Å²) in [6.07, 6.45) is 5.69. The highest BCUT2D eigenvalue weighted by Gasteiger charge is 2.09. The van der Waals surface area contributed by atoms with Crippen molar-refractivity contribution >= 4 is 27.6 Å². The number of hydrogen-bond acceptors (Lipinski definition) is 0. The molecule has 0 nitrogen and oxygen atoms in total. The van der Waals surface area contributed by atoms with Gasteiger partial charge in [0.1, 0.15) is 0 Å². The molecule has 3 aromatic carbocycles. The maximum absolute atomic E-state index is 2.31. The second kappa shape index (κ2) is 5.28. The molecule has 0 bridgehead atoms. The van der Waals surface area contributed by atoms with Crippen molar-refractivity contribution < 1.29 is 0 Å². The molecule has 0 aliphatic carbocycles. The zero-order valence-electron chi connectivity index (χ0n) is 12.7. The van der Waals surface area contributed by atoms with Gasteiger partial charge in [0.25, 0.3) is 0 Å². The van der Waals surface area contributed by atoms with Crippen molar-refractivity contribution in [1.82, 2.24) is 0 Å². The Morgan fingerprint density at radius 2 is 1.60 bits per heavy atom. The molecule has 0 saturated heterocycles. The van der Waals surface area contributed by atoms with E-state index in [-0.39, 0.29) is 0 Å². The Bertz CT molecular complexity index is 809. The van der Waals surface area contributed by atoms with E-state index in [0.29, 0.717) is 0 Å². The Morgan fingerprint density at radius 1 is 0.850 bits per heavy atom. The largest absolute Gasteiger partial charge is 0.0798 e. The predicted octanol–water partition coefficient (Wildman–Crippen LogP) is 5.03. The fraction of sp³-hybridized carbons (Fsp3) is 0.300. The maximum atomic E-state index is 2.31. The van der Waals surface area contributed by atoms with Gasteiger partial charge in [-0.3, -0.25) is 0 Å². The minimum atomic E-state index is 1.09. The third-order valence-corrected chi connectivity index (χ3v) is 4.33. The predicted molar refractivity (Wildman–Crippen MR) is 90.2 cm³/mol. The zero-order valence-corrected chi connectivity index (χ0v) is 12.7. The van der Waals surface area contributed by atoms with Crippen LogP contribution in [0.5, 0.6) is 0 Å². The molecule has 0 aromatic heterocycles. The Kier molecular flexibility index (Phi) is 3.48. The molecule has 0 unspecified atom stereocenters. The van der Waals surface area contributed by atoms with E-state index in [9.17, 15) is 0 Å². The molecule has 0 aliphatic heterocycles. The van der Waals surface area contributed by atoms with Gasteiger partial charge in [0, 0.05) is 0 Å². The van der Waals surface area contributed by atoms with Crippen molar-refractivity contribution in [2.24, 2.45) is 0 Å². The second-order valence-corrected chi connectivity index (χ2v) is 5.52. The summed E-state index contributed by atoms with van der Waals surface area (Å²) in [5.41, 5.74) is 2.95. The molecule has 0 heteroatoms. The summed E-state index contributed by atoms with van der Waals surface area (Å²) in [5, 5.41) is 7.11. The van der Waals surface area contributed by atoms with E-state index in [0.717, 1.165) is 12.8 Å². The van der Waals surface area contributed by atoms with Gasteiger partial charge in [0.05, 0.1) is 0 Å². The van der Waals surface area contributed by atoms with Crippen molar-refractivity contribution in [3.05, 3.63) is 52.7 Å². The summed E-state index contributed by atoms with van der Waals surface area (Å²) >= 11 is 0. The average Bonchev–Trinajstić information content (AvgIpc) is 2.50. The van der Waals surface area contributed by atoms with E-state index in [1.165, 1.54) is 44.3 Å². The first kappa shape index (κ1) is 13.2. The molecular formula is C20H22. The Balaban J connectivity index is 2.55. The van der Waals surface area contributed by atoms with Crippen LogP contribution >= 0.6 is 0 Å². The fourth-order valence-corrected chi connectivity index (χ4v) is 3.33. The third-order valence-electron chi connectivity index (χ3n) is 4.33. The highest BCUT2D eigenvalue weighted by molar-refractivity contribution is 6.12. The summed E-state index contributed by atoms with van der Waals surface area (Å²) in [6, 6.07) is 13.8. The van der Waals surface area contributed by atoms with Gasteiger partial charge in [-0.15, -0.1) is 0 Å². The monoisotopic (exact) mass is 262 g/mol. The molecule has 0 atom stereocenters. The molecule has 0 amide bonds. The first-order valence-corrected chi connectivity index (χ1v) is 7.72. The van der Waals surface area contributed by atoms with Gasteiger partial charge in [0.2, 0.25) is 0 Å². The minimum absolute atomic E-state index is 1.09. The SMILES string of the molecule is C/C=c1\ccc2c(CCC)ccc3ccc(CC)c1c32. The normalized spacial score (nSPS) is 12.7. The third kappa shape index (κ3) is 1.91. The summed E-state index contributed by atoms with van der Waals surface area (Å²) < 4.78 is 0. The molecule has 0 N–H and O–H groups in total. The first-order chi connectivity index (χ1) is 9.80. The number of rotatable bonds is 3. The number of aryl methyl sites for hydroxylation is 2. The molecule has 0 saturated carbocycles. The van der Waals surface area contributed by atoms with Gasteiger partial charge in [-0.25, -0.2) is 0 Å². The van der Waals surface area contributed by atoms with Crippen LogP contribution < -0.4 is 5.22 Å². The van der Waals surface area contributed by atoms with Gasteiger partial charge < -0.3 is 0 Å². The van der Waals surface area contributed by atoms with Crippen molar-refractivity contribution in [3.63, 3.8) is 0 Å². The molecular weight excluding hydrogens is 240 g/mol. The van der Waals surface area contributed by atoms with Crippen molar-refractivity contribution in [1.29, 1.82) is 0 Å². The van der Waals surface area contributed by atoms with Crippen LogP contribution in [-0.4, -0.2) is 0 Å². The van der Waals surface area contributed by atoms with E-state index in [1.807, 2.05) is 0 Å². The van der Waals surface area contributed by atoms with Crippen LogP contribution in [0.1, 0.15) is 38.3 Å². The van der Waals surface area contributed by atoms with Crippen LogP contribution in [0.4, 0.5) is 0 Å². The Morgan fingerprint density at radius 3 is 2.25 bits per heavy atom. The molecule has 0 fully saturated rings. The first-order valence-electron chi connectivity index (χ1n) is 7.72. The highest BCUT2D eigenvalue weighted by atomic mass is 14.1. The number of benzene rings is 3. The lowest BCUT2D eigenvalue weighted by molar-refractivity contribution is 0.930. The summed E-state index contributed by atoms with van der Waals surface area (Å²) in [5.74, 6) is 0. The Hall–Kier alpha value is -1.82. The highest BCUT2D eigenvalue weighted by Crippen LogP contribution is 2.30. The van der Waals surface area contributed by atoms with Crippen LogP contribution in [0.25, 0.3) is 27.6 Å². The average molecular weight is 262 g/mol. The summed E-state index contributed by atoms with van der Waals surface area (Å²) in [6.45, 7) is 6.64. The quantitative estimate of drug-likeness (QED) is 0.621. The van der Waals surface area contributed by atoms with Crippen LogP contribution in [-0.2, 0) is 12.8 Å². The van der Waals surface area contributed by atoms with Gasteiger partial charge in [-0.1, -0.05) is 62.7 Å². The van der Waals surface area contributed by atoms with Crippen molar-refractivity contribution in [3.8, 4) is 0 Å². The molecule has 20 heavy (non-hydrogen) atoms. The lowest BCUT2D eigenvalue weighted by Crippen LogP contribution is -2.05. The maximum Gasteiger partial charge on any atom is -0.00274 e. The van der Waals surface area contributed by atoms with Crippen molar-refractivity contribution in [2.45, 2.75) is 40.0 Å². The van der Waals surface area contributed by atoms with E-state index in [4.69, 9.17) is 0 Å². The van der Waals surface area contributed by atoms with Crippen molar-refractivity contribution in [2.75, 3.05) is 0 Å². The van der Waals surface area contributed by atoms with Crippen LogP contribution in [0.3, 0.4) is 0 Å². The van der Waals surface area contributed by atoms with Gasteiger partial charge in [0.15, 0.2) is 0 Å². The fourth-order valence-electron chi connectivity index (χ4n) is 3.33. The zero-order chi connectivity index (χ0) is 14.1. The number of hydrogen-bond donors (Lipinski definition) is 0. The lowest BCUT2D eigenvalue weighted by atomic mass is 9.90. The molecule has 0 aliphatic rings. The minimum Gasteiger partial charge on any atom is -0.0798 e. The molecule has 0 heterocycles. The molecule has 102 valence electrons.